The van der Waals surface area contributed by atoms with Gasteiger partial charge in [0.15, 0.2) is 0 Å². The number of nitrogens with zero attached hydrogens (tertiary/aromatic N) is 2. The molecule has 2 aromatic rings. The Labute approximate surface area is 106 Å². The summed E-state index contributed by atoms with van der Waals surface area (Å²) in [5.74, 6) is -0.181. The lowest BCUT2D eigenvalue weighted by molar-refractivity contribution is 0.0935. The van der Waals surface area contributed by atoms with E-state index in [2.05, 4.69) is 10.3 Å². The monoisotopic (exact) mass is 244 g/mol. The van der Waals surface area contributed by atoms with Crippen LogP contribution in [0, 0.1) is 0 Å². The molecule has 0 aliphatic carbocycles. The first kappa shape index (κ1) is 12.2. The van der Waals surface area contributed by atoms with Gasteiger partial charge < -0.3 is 15.6 Å². The molecule has 0 radical (unpaired) electrons. The molecule has 0 bridgehead atoms. The lowest BCUT2D eigenvalue weighted by atomic mass is 10.1. The number of nitrogens with one attached hydrogen (secondary N) is 1. The van der Waals surface area contributed by atoms with E-state index >= 15 is 0 Å². The second kappa shape index (κ2) is 4.91. The first-order chi connectivity index (χ1) is 8.56. The molecule has 1 aromatic carbocycles. The van der Waals surface area contributed by atoms with Crippen molar-refractivity contribution in [1.29, 1.82) is 0 Å². The topological polar surface area (TPSA) is 72.9 Å². The zero-order valence-electron chi connectivity index (χ0n) is 10.4. The van der Waals surface area contributed by atoms with Gasteiger partial charge in [0.2, 0.25) is 0 Å². The molecule has 0 saturated carbocycles. The van der Waals surface area contributed by atoms with Crippen molar-refractivity contribution < 1.29 is 4.79 Å². The molecule has 94 valence electrons. The van der Waals surface area contributed by atoms with Crippen LogP contribution in [0.4, 0.5) is 5.69 Å². The first-order valence-electron chi connectivity index (χ1n) is 5.70. The van der Waals surface area contributed by atoms with Crippen LogP contribution in [0.15, 0.2) is 36.8 Å². The Morgan fingerprint density at radius 2 is 2.06 bits per heavy atom. The van der Waals surface area contributed by atoms with Gasteiger partial charge in [-0.25, -0.2) is 4.98 Å². The summed E-state index contributed by atoms with van der Waals surface area (Å²) in [7, 11) is 1.83. The molecule has 18 heavy (non-hydrogen) atoms. The van der Waals surface area contributed by atoms with Gasteiger partial charge in [-0.1, -0.05) is 12.1 Å². The number of nitrogen functional groups attached to an aromatic ring is 1. The number of nitrogens with two attached hydrogens (primary N) is 1. The minimum atomic E-state index is -0.181. The third-order valence-electron chi connectivity index (χ3n) is 2.72. The molecule has 0 aliphatic rings. The van der Waals surface area contributed by atoms with Gasteiger partial charge in [-0.3, -0.25) is 4.79 Å². The summed E-state index contributed by atoms with van der Waals surface area (Å²) in [6, 6.07) is 7.36. The summed E-state index contributed by atoms with van der Waals surface area (Å²) in [6.45, 7) is 1.92. The van der Waals surface area contributed by atoms with Gasteiger partial charge in [0, 0.05) is 18.9 Å². The minimum absolute atomic E-state index is 0.0832. The quantitative estimate of drug-likeness (QED) is 0.803. The zero-order chi connectivity index (χ0) is 13.1. The summed E-state index contributed by atoms with van der Waals surface area (Å²) >= 11 is 0. The van der Waals surface area contributed by atoms with E-state index in [1.54, 1.807) is 17.1 Å². The van der Waals surface area contributed by atoms with E-state index in [0.717, 1.165) is 5.56 Å². The number of carbonyl (C=O) groups is 1. The standard InChI is InChI=1S/C13H16N4O/c1-9(10-3-5-11(14)6-4-10)16-13(18)12-7-17(2)8-15-12/h3-9H,14H2,1-2H3,(H,16,18). The van der Waals surface area contributed by atoms with Crippen LogP contribution in [0.2, 0.25) is 0 Å². The van der Waals surface area contributed by atoms with E-state index in [1.165, 1.54) is 0 Å². The summed E-state index contributed by atoms with van der Waals surface area (Å²) in [5, 5.41) is 2.89. The number of imidazole rings is 1. The number of aromatic nitrogens is 2. The lowest BCUT2D eigenvalue weighted by Gasteiger charge is -2.13. The molecule has 1 atom stereocenters. The molecule has 0 saturated heterocycles. The van der Waals surface area contributed by atoms with E-state index in [1.807, 2.05) is 38.2 Å². The number of anilines is 1. The summed E-state index contributed by atoms with van der Waals surface area (Å²) in [5.41, 5.74) is 7.76. The van der Waals surface area contributed by atoms with Crippen LogP contribution in [0.25, 0.3) is 0 Å². The average molecular weight is 244 g/mol. The average Bonchev–Trinajstić information content (AvgIpc) is 2.76. The van der Waals surface area contributed by atoms with Crippen LogP contribution in [0.1, 0.15) is 29.0 Å². The normalized spacial score (nSPS) is 12.1. The Bertz CT molecular complexity index is 544. The van der Waals surface area contributed by atoms with Gasteiger partial charge in [0.1, 0.15) is 5.69 Å². The van der Waals surface area contributed by atoms with E-state index in [9.17, 15) is 4.79 Å². The fraction of sp³-hybridized carbons (Fsp3) is 0.231. The second-order valence-electron chi connectivity index (χ2n) is 4.29. The van der Waals surface area contributed by atoms with Crippen molar-refractivity contribution in [3.63, 3.8) is 0 Å². The van der Waals surface area contributed by atoms with E-state index < -0.39 is 0 Å². The number of hydrogen-bond donors (Lipinski definition) is 2. The van der Waals surface area contributed by atoms with Gasteiger partial charge in [-0.15, -0.1) is 0 Å². The zero-order valence-corrected chi connectivity index (χ0v) is 10.4. The molecular formula is C13H16N4O. The maximum Gasteiger partial charge on any atom is 0.271 e. The van der Waals surface area contributed by atoms with Crippen LogP contribution in [-0.2, 0) is 7.05 Å². The highest BCUT2D eigenvalue weighted by atomic mass is 16.1. The van der Waals surface area contributed by atoms with Gasteiger partial charge in [-0.05, 0) is 24.6 Å². The third-order valence-corrected chi connectivity index (χ3v) is 2.72. The van der Waals surface area contributed by atoms with Crippen molar-refractivity contribution in [1.82, 2.24) is 14.9 Å². The molecule has 2 rings (SSSR count). The highest BCUT2D eigenvalue weighted by Crippen LogP contribution is 2.14. The molecule has 0 spiro atoms. The molecule has 1 amide bonds. The first-order valence-corrected chi connectivity index (χ1v) is 5.70. The van der Waals surface area contributed by atoms with Gasteiger partial charge in [-0.2, -0.15) is 0 Å². The highest BCUT2D eigenvalue weighted by molar-refractivity contribution is 5.92. The Hall–Kier alpha value is -2.30. The van der Waals surface area contributed by atoms with Crippen molar-refractivity contribution >= 4 is 11.6 Å². The van der Waals surface area contributed by atoms with Crippen molar-refractivity contribution in [2.45, 2.75) is 13.0 Å². The second-order valence-corrected chi connectivity index (χ2v) is 4.29. The molecule has 1 heterocycles. The lowest BCUT2D eigenvalue weighted by Crippen LogP contribution is -2.26. The number of aryl methyl sites for hydroxylation is 1. The molecule has 1 unspecified atom stereocenters. The molecule has 1 aromatic heterocycles. The van der Waals surface area contributed by atoms with Gasteiger partial charge in [0.05, 0.1) is 12.4 Å². The van der Waals surface area contributed by atoms with Crippen molar-refractivity contribution in [2.24, 2.45) is 7.05 Å². The Morgan fingerprint density at radius 3 is 2.61 bits per heavy atom. The summed E-state index contributed by atoms with van der Waals surface area (Å²) < 4.78 is 1.74. The third kappa shape index (κ3) is 2.68. The smallest absolute Gasteiger partial charge is 0.271 e. The highest BCUT2D eigenvalue weighted by Gasteiger charge is 2.13. The predicted molar refractivity (Wildman–Crippen MR) is 69.9 cm³/mol. The van der Waals surface area contributed by atoms with E-state index in [0.29, 0.717) is 11.4 Å². The van der Waals surface area contributed by atoms with Gasteiger partial charge in [0.25, 0.3) is 5.91 Å². The van der Waals surface area contributed by atoms with Crippen LogP contribution in [0.3, 0.4) is 0 Å². The number of carbonyl (C=O) groups excluding carboxylic acids is 1. The van der Waals surface area contributed by atoms with Crippen LogP contribution in [0.5, 0.6) is 0 Å². The minimum Gasteiger partial charge on any atom is -0.399 e. The molecule has 0 fully saturated rings. The van der Waals surface area contributed by atoms with Crippen LogP contribution in [-0.4, -0.2) is 15.5 Å². The molecule has 0 aliphatic heterocycles. The summed E-state index contributed by atoms with van der Waals surface area (Å²) in [6.07, 6.45) is 3.29. The molecular weight excluding hydrogens is 228 g/mol. The van der Waals surface area contributed by atoms with E-state index in [4.69, 9.17) is 5.73 Å². The van der Waals surface area contributed by atoms with Crippen molar-refractivity contribution in [3.05, 3.63) is 48.0 Å². The number of amides is 1. The van der Waals surface area contributed by atoms with Gasteiger partial charge >= 0.3 is 0 Å². The number of hydrogen-bond acceptors (Lipinski definition) is 3. The van der Waals surface area contributed by atoms with Crippen molar-refractivity contribution in [3.8, 4) is 0 Å². The fourth-order valence-electron chi connectivity index (χ4n) is 1.67. The molecule has 5 nitrogen and oxygen atoms in total. The van der Waals surface area contributed by atoms with Crippen LogP contribution < -0.4 is 11.1 Å². The van der Waals surface area contributed by atoms with E-state index in [-0.39, 0.29) is 11.9 Å². The molecule has 5 heteroatoms. The Balaban J connectivity index is 2.05. The Morgan fingerprint density at radius 1 is 1.39 bits per heavy atom. The maximum absolute atomic E-state index is 11.9. The summed E-state index contributed by atoms with van der Waals surface area (Å²) in [4.78, 5) is 15.9. The largest absolute Gasteiger partial charge is 0.399 e. The number of benzene rings is 1. The fourth-order valence-corrected chi connectivity index (χ4v) is 1.67. The Kier molecular flexibility index (Phi) is 3.32. The number of rotatable bonds is 3. The van der Waals surface area contributed by atoms with Crippen LogP contribution >= 0.6 is 0 Å². The van der Waals surface area contributed by atoms with Crippen molar-refractivity contribution in [2.75, 3.05) is 5.73 Å². The maximum atomic E-state index is 11.9. The predicted octanol–water partition coefficient (Wildman–Crippen LogP) is 1.49. The SMILES string of the molecule is CC(NC(=O)c1cn(C)cn1)c1ccc(N)cc1. The molecule has 3 N–H and O–H groups in total.